The monoisotopic (exact) mass is 257 g/mol. The molecule has 0 saturated carbocycles. The van der Waals surface area contributed by atoms with E-state index >= 15 is 0 Å². The third-order valence-corrected chi connectivity index (χ3v) is 2.79. The first-order valence-corrected chi connectivity index (χ1v) is 5.57. The van der Waals surface area contributed by atoms with Crippen molar-refractivity contribution in [3.05, 3.63) is 36.3 Å². The van der Waals surface area contributed by atoms with E-state index in [2.05, 4.69) is 19.7 Å². The summed E-state index contributed by atoms with van der Waals surface area (Å²) in [5, 5.41) is 0. The zero-order valence-electron chi connectivity index (χ0n) is 10.1. The second kappa shape index (κ2) is 4.13. The standard InChI is InChI=1S/C12H11N5O2/c1-19-11(18)9-10(13)17(6-14-9)12-15-7-4-2-3-5-8(7)16-12/h2-6H,13H2,1H3,(H,15,16). The lowest BCUT2D eigenvalue weighted by Crippen LogP contribution is -2.08. The average Bonchev–Trinajstić information content (AvgIpc) is 3.00. The Morgan fingerprint density at radius 2 is 2.21 bits per heavy atom. The number of anilines is 1. The van der Waals surface area contributed by atoms with Crippen molar-refractivity contribution in [2.24, 2.45) is 0 Å². The minimum atomic E-state index is -0.577. The number of para-hydroxylation sites is 2. The molecule has 7 heteroatoms. The van der Waals surface area contributed by atoms with Gasteiger partial charge in [0.2, 0.25) is 5.95 Å². The maximum absolute atomic E-state index is 11.4. The maximum atomic E-state index is 11.4. The van der Waals surface area contributed by atoms with Crippen molar-refractivity contribution in [2.75, 3.05) is 12.8 Å². The minimum Gasteiger partial charge on any atom is -0.464 e. The molecule has 0 spiro atoms. The Labute approximate surface area is 108 Å². The zero-order valence-corrected chi connectivity index (χ0v) is 10.1. The van der Waals surface area contributed by atoms with Crippen LogP contribution in [0.25, 0.3) is 17.0 Å². The molecule has 96 valence electrons. The van der Waals surface area contributed by atoms with E-state index in [1.54, 1.807) is 0 Å². The fourth-order valence-electron chi connectivity index (χ4n) is 1.83. The van der Waals surface area contributed by atoms with E-state index in [0.29, 0.717) is 5.95 Å². The van der Waals surface area contributed by atoms with Crippen molar-refractivity contribution < 1.29 is 9.53 Å². The largest absolute Gasteiger partial charge is 0.464 e. The first kappa shape index (κ1) is 11.3. The van der Waals surface area contributed by atoms with Crippen LogP contribution >= 0.6 is 0 Å². The summed E-state index contributed by atoms with van der Waals surface area (Å²) in [7, 11) is 1.28. The van der Waals surface area contributed by atoms with Gasteiger partial charge in [-0.25, -0.2) is 14.8 Å². The zero-order chi connectivity index (χ0) is 13.4. The van der Waals surface area contributed by atoms with E-state index in [1.165, 1.54) is 18.0 Å². The Morgan fingerprint density at radius 3 is 2.95 bits per heavy atom. The highest BCUT2D eigenvalue weighted by Gasteiger charge is 2.18. The highest BCUT2D eigenvalue weighted by molar-refractivity contribution is 5.92. The van der Waals surface area contributed by atoms with E-state index in [4.69, 9.17) is 5.73 Å². The van der Waals surface area contributed by atoms with Gasteiger partial charge in [0.05, 0.1) is 18.1 Å². The Kier molecular flexibility index (Phi) is 2.45. The molecule has 1 aromatic carbocycles. The van der Waals surface area contributed by atoms with E-state index < -0.39 is 5.97 Å². The van der Waals surface area contributed by atoms with Gasteiger partial charge in [-0.05, 0) is 12.1 Å². The van der Waals surface area contributed by atoms with Crippen LogP contribution in [0.4, 0.5) is 5.82 Å². The second-order valence-electron chi connectivity index (χ2n) is 3.92. The molecule has 2 heterocycles. The highest BCUT2D eigenvalue weighted by Crippen LogP contribution is 2.18. The quantitative estimate of drug-likeness (QED) is 0.670. The number of nitrogens with one attached hydrogen (secondary N) is 1. The van der Waals surface area contributed by atoms with Gasteiger partial charge in [-0.15, -0.1) is 0 Å². The number of aromatic nitrogens is 4. The molecule has 2 aromatic heterocycles. The molecule has 3 N–H and O–H groups in total. The van der Waals surface area contributed by atoms with Crippen LogP contribution in [0.2, 0.25) is 0 Å². The lowest BCUT2D eigenvalue weighted by molar-refractivity contribution is 0.0596. The first-order valence-electron chi connectivity index (χ1n) is 5.57. The van der Waals surface area contributed by atoms with Crippen molar-refractivity contribution in [3.63, 3.8) is 0 Å². The third kappa shape index (κ3) is 1.71. The number of H-pyrrole nitrogens is 1. The van der Waals surface area contributed by atoms with Crippen LogP contribution in [-0.2, 0) is 4.74 Å². The number of benzene rings is 1. The van der Waals surface area contributed by atoms with Crippen LogP contribution in [0.3, 0.4) is 0 Å². The van der Waals surface area contributed by atoms with Crippen LogP contribution in [0.5, 0.6) is 0 Å². The number of carbonyl (C=O) groups excluding carboxylic acids is 1. The predicted molar refractivity (Wildman–Crippen MR) is 69.0 cm³/mol. The predicted octanol–water partition coefficient (Wildman–Crippen LogP) is 1.12. The fraction of sp³-hybridized carbons (Fsp3) is 0.0833. The third-order valence-electron chi connectivity index (χ3n) is 2.79. The molecule has 0 saturated heterocycles. The van der Waals surface area contributed by atoms with Crippen molar-refractivity contribution in [1.82, 2.24) is 19.5 Å². The molecule has 0 unspecified atom stereocenters. The van der Waals surface area contributed by atoms with Crippen LogP contribution < -0.4 is 5.73 Å². The van der Waals surface area contributed by atoms with Crippen LogP contribution in [0.15, 0.2) is 30.6 Å². The number of fused-ring (bicyclic) bond motifs is 1. The summed E-state index contributed by atoms with van der Waals surface area (Å²) in [5.74, 6) is 0.111. The molecule has 3 rings (SSSR count). The van der Waals surface area contributed by atoms with Crippen LogP contribution in [0.1, 0.15) is 10.5 Å². The molecule has 3 aromatic rings. The number of nitrogen functional groups attached to an aromatic ring is 1. The lowest BCUT2D eigenvalue weighted by atomic mass is 10.3. The molecule has 7 nitrogen and oxygen atoms in total. The van der Waals surface area contributed by atoms with E-state index in [9.17, 15) is 4.79 Å². The van der Waals surface area contributed by atoms with E-state index in [1.807, 2.05) is 24.3 Å². The number of nitrogens with two attached hydrogens (primary N) is 1. The molecule has 0 amide bonds. The summed E-state index contributed by atoms with van der Waals surface area (Å²) >= 11 is 0. The Hall–Kier alpha value is -2.83. The highest BCUT2D eigenvalue weighted by atomic mass is 16.5. The maximum Gasteiger partial charge on any atom is 0.360 e. The van der Waals surface area contributed by atoms with Crippen LogP contribution in [-0.4, -0.2) is 32.6 Å². The topological polar surface area (TPSA) is 98.8 Å². The first-order chi connectivity index (χ1) is 9.20. The molecule has 0 bridgehead atoms. The average molecular weight is 257 g/mol. The summed E-state index contributed by atoms with van der Waals surface area (Å²) < 4.78 is 6.11. The van der Waals surface area contributed by atoms with Gasteiger partial charge >= 0.3 is 5.97 Å². The fourth-order valence-corrected chi connectivity index (χ4v) is 1.83. The Morgan fingerprint density at radius 1 is 1.42 bits per heavy atom. The normalized spacial score (nSPS) is 10.8. The lowest BCUT2D eigenvalue weighted by Gasteiger charge is -2.00. The molecular weight excluding hydrogens is 246 g/mol. The van der Waals surface area contributed by atoms with Crippen molar-refractivity contribution in [3.8, 4) is 5.95 Å². The van der Waals surface area contributed by atoms with Gasteiger partial charge in [-0.2, -0.15) is 0 Å². The Bertz CT molecular complexity index is 725. The number of nitrogens with zero attached hydrogens (tertiary/aromatic N) is 3. The second-order valence-corrected chi connectivity index (χ2v) is 3.92. The van der Waals surface area contributed by atoms with Gasteiger partial charge in [0.15, 0.2) is 5.69 Å². The summed E-state index contributed by atoms with van der Waals surface area (Å²) in [6, 6.07) is 7.58. The van der Waals surface area contributed by atoms with Gasteiger partial charge in [-0.1, -0.05) is 12.1 Å². The van der Waals surface area contributed by atoms with Crippen LogP contribution in [0, 0.1) is 0 Å². The van der Waals surface area contributed by atoms with Gasteiger partial charge in [0.25, 0.3) is 0 Å². The number of hydrogen-bond acceptors (Lipinski definition) is 5. The molecular formula is C12H11N5O2. The Balaban J connectivity index is 2.11. The van der Waals surface area contributed by atoms with Gasteiger partial charge in [0.1, 0.15) is 12.1 Å². The van der Waals surface area contributed by atoms with E-state index in [-0.39, 0.29) is 11.5 Å². The van der Waals surface area contributed by atoms with Gasteiger partial charge in [-0.3, -0.25) is 4.57 Å². The molecule has 0 radical (unpaired) electrons. The SMILES string of the molecule is COC(=O)c1ncn(-c2nc3ccccc3[nH]2)c1N. The van der Waals surface area contributed by atoms with E-state index in [0.717, 1.165) is 11.0 Å². The number of aromatic amines is 1. The number of esters is 1. The summed E-state index contributed by atoms with van der Waals surface area (Å²) in [6.07, 6.45) is 1.43. The summed E-state index contributed by atoms with van der Waals surface area (Å²) in [4.78, 5) is 22.9. The number of methoxy groups -OCH3 is 1. The van der Waals surface area contributed by atoms with Gasteiger partial charge in [0, 0.05) is 0 Å². The summed E-state index contributed by atoms with van der Waals surface area (Å²) in [6.45, 7) is 0. The molecule has 0 aliphatic rings. The number of rotatable bonds is 2. The number of carbonyl (C=O) groups is 1. The smallest absolute Gasteiger partial charge is 0.360 e. The molecule has 0 aliphatic carbocycles. The molecule has 0 aliphatic heterocycles. The minimum absolute atomic E-state index is 0.0722. The molecule has 0 fully saturated rings. The number of hydrogen-bond donors (Lipinski definition) is 2. The number of imidazole rings is 2. The number of ether oxygens (including phenoxy) is 1. The van der Waals surface area contributed by atoms with Crippen molar-refractivity contribution in [1.29, 1.82) is 0 Å². The van der Waals surface area contributed by atoms with Gasteiger partial charge < -0.3 is 15.5 Å². The van der Waals surface area contributed by atoms with Crippen molar-refractivity contribution >= 4 is 22.8 Å². The molecule has 0 atom stereocenters. The molecule has 19 heavy (non-hydrogen) atoms. The van der Waals surface area contributed by atoms with Crippen molar-refractivity contribution in [2.45, 2.75) is 0 Å². The summed E-state index contributed by atoms with van der Waals surface area (Å²) in [5.41, 5.74) is 7.64.